The number of hydrogen-bond acceptors (Lipinski definition) is 3. The zero-order chi connectivity index (χ0) is 21.6. The lowest BCUT2D eigenvalue weighted by atomic mass is 10.0. The highest BCUT2D eigenvalue weighted by Gasteiger charge is 2.35. The summed E-state index contributed by atoms with van der Waals surface area (Å²) >= 11 is 1.47. The maximum Gasteiger partial charge on any atom is 0.248 e. The Labute approximate surface area is 185 Å². The van der Waals surface area contributed by atoms with Crippen LogP contribution in [0.2, 0.25) is 0 Å². The van der Waals surface area contributed by atoms with Crippen molar-refractivity contribution >= 4 is 28.8 Å². The Balaban J connectivity index is 1.75. The molecule has 0 unspecified atom stereocenters. The number of nitrogens with zero attached hydrogens (tertiary/aromatic N) is 1. The van der Waals surface area contributed by atoms with Gasteiger partial charge in [0.15, 0.2) is 0 Å². The molecular formula is C25H25FN2O2S. The maximum absolute atomic E-state index is 14.9. The second-order valence-corrected chi connectivity index (χ2v) is 8.81. The highest BCUT2D eigenvalue weighted by atomic mass is 32.1. The molecule has 4 nitrogen and oxygen atoms in total. The summed E-state index contributed by atoms with van der Waals surface area (Å²) in [6.07, 6.45) is 4.11. The number of benzene rings is 2. The molecule has 0 radical (unpaired) electrons. The molecule has 0 spiro atoms. The van der Waals surface area contributed by atoms with Gasteiger partial charge in [0.25, 0.3) is 0 Å². The minimum absolute atomic E-state index is 0.0913. The molecular weight excluding hydrogens is 411 g/mol. The van der Waals surface area contributed by atoms with Gasteiger partial charge in [-0.3, -0.25) is 14.5 Å². The molecule has 1 N–H and O–H groups in total. The van der Waals surface area contributed by atoms with Crippen molar-refractivity contribution in [1.29, 1.82) is 0 Å². The van der Waals surface area contributed by atoms with E-state index in [9.17, 15) is 14.0 Å². The Bertz CT molecular complexity index is 1020. The second kappa shape index (κ2) is 9.88. The van der Waals surface area contributed by atoms with Crippen LogP contribution in [0.5, 0.6) is 0 Å². The van der Waals surface area contributed by atoms with Crippen LogP contribution in [-0.4, -0.2) is 17.9 Å². The molecule has 1 aliphatic rings. The van der Waals surface area contributed by atoms with Crippen molar-refractivity contribution in [3.8, 4) is 0 Å². The van der Waals surface area contributed by atoms with E-state index >= 15 is 0 Å². The van der Waals surface area contributed by atoms with Crippen molar-refractivity contribution in [2.45, 2.75) is 44.2 Å². The van der Waals surface area contributed by atoms with Gasteiger partial charge < -0.3 is 5.32 Å². The fourth-order valence-electron chi connectivity index (χ4n) is 4.12. The number of para-hydroxylation sites is 1. The number of halogens is 1. The minimum atomic E-state index is -0.953. The molecule has 3 aromatic rings. The second-order valence-electron chi connectivity index (χ2n) is 7.77. The van der Waals surface area contributed by atoms with Crippen LogP contribution < -0.4 is 10.2 Å². The van der Waals surface area contributed by atoms with E-state index in [1.54, 1.807) is 18.2 Å². The van der Waals surface area contributed by atoms with Gasteiger partial charge in [-0.1, -0.05) is 61.4 Å². The number of carbonyl (C=O) groups excluding carboxylic acids is 2. The third-order valence-corrected chi connectivity index (χ3v) is 6.49. The first-order valence-electron chi connectivity index (χ1n) is 10.6. The quantitative estimate of drug-likeness (QED) is 0.549. The zero-order valence-electron chi connectivity index (χ0n) is 17.2. The smallest absolute Gasteiger partial charge is 0.248 e. The molecule has 0 saturated heterocycles. The van der Waals surface area contributed by atoms with Gasteiger partial charge in [0.1, 0.15) is 11.9 Å². The van der Waals surface area contributed by atoms with E-state index in [4.69, 9.17) is 0 Å². The standard InChI is InChI=1S/C25H25FN2O2S/c26-21-14-6-7-15-22(21)28(23(29)17-20-13-8-16-31-20)24(18-9-2-1-3-10-18)25(30)27-19-11-4-5-12-19/h1-3,6-10,13-16,19,24H,4-5,11-12,17H2,(H,27,30)/t24-/m1/s1. The van der Waals surface area contributed by atoms with Crippen molar-refractivity contribution < 1.29 is 14.0 Å². The molecule has 160 valence electrons. The Kier molecular flexibility index (Phi) is 6.77. The topological polar surface area (TPSA) is 49.4 Å². The normalized spacial score (nSPS) is 14.9. The van der Waals surface area contributed by atoms with Crippen LogP contribution in [-0.2, 0) is 16.0 Å². The van der Waals surface area contributed by atoms with Gasteiger partial charge in [-0.25, -0.2) is 4.39 Å². The molecule has 2 amide bonds. The number of amides is 2. The fourth-order valence-corrected chi connectivity index (χ4v) is 4.81. The van der Waals surface area contributed by atoms with Crippen molar-refractivity contribution in [2.24, 2.45) is 0 Å². The van der Waals surface area contributed by atoms with Crippen LogP contribution in [0, 0.1) is 5.82 Å². The molecule has 1 aliphatic carbocycles. The van der Waals surface area contributed by atoms with Crippen LogP contribution >= 0.6 is 11.3 Å². The number of hydrogen-bond donors (Lipinski definition) is 1. The summed E-state index contributed by atoms with van der Waals surface area (Å²) in [5.41, 5.74) is 0.764. The van der Waals surface area contributed by atoms with Crippen molar-refractivity contribution in [3.63, 3.8) is 0 Å². The van der Waals surface area contributed by atoms with E-state index in [0.29, 0.717) is 5.56 Å². The highest BCUT2D eigenvalue weighted by molar-refractivity contribution is 7.10. The first-order chi connectivity index (χ1) is 15.1. The molecule has 1 saturated carbocycles. The van der Waals surface area contributed by atoms with Gasteiger partial charge in [-0.15, -0.1) is 11.3 Å². The summed E-state index contributed by atoms with van der Waals surface area (Å²) in [6.45, 7) is 0. The molecule has 4 rings (SSSR count). The molecule has 31 heavy (non-hydrogen) atoms. The number of carbonyl (C=O) groups is 2. The summed E-state index contributed by atoms with van der Waals surface area (Å²) < 4.78 is 14.9. The summed E-state index contributed by atoms with van der Waals surface area (Å²) in [6, 6.07) is 18.2. The molecule has 2 aromatic carbocycles. The highest BCUT2D eigenvalue weighted by Crippen LogP contribution is 2.32. The Morgan fingerprint density at radius 1 is 1.00 bits per heavy atom. The summed E-state index contributed by atoms with van der Waals surface area (Å²) in [5, 5.41) is 5.01. The van der Waals surface area contributed by atoms with E-state index in [-0.39, 0.29) is 30.0 Å². The third kappa shape index (κ3) is 5.02. The monoisotopic (exact) mass is 436 g/mol. The molecule has 6 heteroatoms. The van der Waals surface area contributed by atoms with Gasteiger partial charge >= 0.3 is 0 Å². The van der Waals surface area contributed by atoms with E-state index < -0.39 is 11.9 Å². The van der Waals surface area contributed by atoms with Crippen LogP contribution in [0.15, 0.2) is 72.1 Å². The van der Waals surface area contributed by atoms with Crippen LogP contribution in [0.25, 0.3) is 0 Å². The van der Waals surface area contributed by atoms with Gasteiger partial charge in [-0.2, -0.15) is 0 Å². The lowest BCUT2D eigenvalue weighted by Gasteiger charge is -2.32. The van der Waals surface area contributed by atoms with Crippen molar-refractivity contribution in [3.05, 3.63) is 88.4 Å². The van der Waals surface area contributed by atoms with E-state index in [0.717, 1.165) is 30.6 Å². The molecule has 1 heterocycles. The van der Waals surface area contributed by atoms with E-state index in [1.165, 1.54) is 22.3 Å². The minimum Gasteiger partial charge on any atom is -0.351 e. The summed E-state index contributed by atoms with van der Waals surface area (Å²) in [5.74, 6) is -1.12. The lowest BCUT2D eigenvalue weighted by molar-refractivity contribution is -0.127. The Morgan fingerprint density at radius 3 is 2.39 bits per heavy atom. The zero-order valence-corrected chi connectivity index (χ0v) is 18.0. The first kappa shape index (κ1) is 21.2. The predicted molar refractivity (Wildman–Crippen MR) is 121 cm³/mol. The third-order valence-electron chi connectivity index (χ3n) is 5.61. The van der Waals surface area contributed by atoms with Gasteiger partial charge in [0.2, 0.25) is 11.8 Å². The van der Waals surface area contributed by atoms with Crippen molar-refractivity contribution in [1.82, 2.24) is 5.32 Å². The number of nitrogens with one attached hydrogen (secondary N) is 1. The van der Waals surface area contributed by atoms with Gasteiger partial charge in [0, 0.05) is 10.9 Å². The summed E-state index contributed by atoms with van der Waals surface area (Å²) in [7, 11) is 0. The Morgan fingerprint density at radius 2 is 1.71 bits per heavy atom. The predicted octanol–water partition coefficient (Wildman–Crippen LogP) is 5.26. The maximum atomic E-state index is 14.9. The average molecular weight is 437 g/mol. The molecule has 1 aromatic heterocycles. The van der Waals surface area contributed by atoms with E-state index in [2.05, 4.69) is 5.32 Å². The average Bonchev–Trinajstić information content (AvgIpc) is 3.47. The largest absolute Gasteiger partial charge is 0.351 e. The van der Waals surface area contributed by atoms with Gasteiger partial charge in [-0.05, 0) is 42.0 Å². The van der Waals surface area contributed by atoms with Gasteiger partial charge in [0.05, 0.1) is 12.1 Å². The SMILES string of the molecule is O=C(NC1CCCC1)[C@@H](c1ccccc1)N(C(=O)Cc1cccs1)c1ccccc1F. The number of rotatable bonds is 7. The van der Waals surface area contributed by atoms with Crippen LogP contribution in [0.3, 0.4) is 0 Å². The van der Waals surface area contributed by atoms with Crippen LogP contribution in [0.4, 0.5) is 10.1 Å². The number of thiophene rings is 1. The summed E-state index contributed by atoms with van der Waals surface area (Å²) in [4.78, 5) is 29.2. The van der Waals surface area contributed by atoms with E-state index in [1.807, 2.05) is 47.8 Å². The molecule has 1 atom stereocenters. The Hall–Kier alpha value is -2.99. The first-order valence-corrected chi connectivity index (χ1v) is 11.5. The number of anilines is 1. The molecule has 1 fully saturated rings. The van der Waals surface area contributed by atoms with Crippen LogP contribution in [0.1, 0.15) is 42.2 Å². The molecule has 0 aliphatic heterocycles. The lowest BCUT2D eigenvalue weighted by Crippen LogP contribution is -2.47. The fraction of sp³-hybridized carbons (Fsp3) is 0.280. The van der Waals surface area contributed by atoms with Crippen molar-refractivity contribution in [2.75, 3.05) is 4.90 Å². The molecule has 0 bridgehead atoms.